The molecule has 0 aliphatic heterocycles. The van der Waals surface area contributed by atoms with Crippen LogP contribution in [0.5, 0.6) is 0 Å². The number of hydrogen-bond acceptors (Lipinski definition) is 1. The van der Waals surface area contributed by atoms with E-state index in [0.717, 1.165) is 0 Å². The van der Waals surface area contributed by atoms with Crippen molar-refractivity contribution in [2.45, 2.75) is 0 Å². The van der Waals surface area contributed by atoms with Crippen molar-refractivity contribution >= 4 is 10.8 Å². The first-order chi connectivity index (χ1) is 1.73. The van der Waals surface area contributed by atoms with E-state index >= 15 is 0 Å². The van der Waals surface area contributed by atoms with Crippen molar-refractivity contribution in [3.63, 3.8) is 0 Å². The summed E-state index contributed by atoms with van der Waals surface area (Å²) in [6.07, 6.45) is 3.28. The summed E-state index contributed by atoms with van der Waals surface area (Å²) in [7, 11) is -0.611. The quantitative estimate of drug-likeness (QED) is 0.286. The zero-order valence-corrected chi connectivity index (χ0v) is 4.63. The van der Waals surface area contributed by atoms with Crippen molar-refractivity contribution in [2.75, 3.05) is 12.5 Å². The summed E-state index contributed by atoms with van der Waals surface area (Å²) in [5.41, 5.74) is 0. The smallest absolute Gasteiger partial charge is 0.260 e. The summed E-state index contributed by atoms with van der Waals surface area (Å²) >= 11 is 0. The van der Waals surface area contributed by atoms with Crippen molar-refractivity contribution in [2.24, 2.45) is 0 Å². The Bertz CT molecular complexity index is 32.6. The van der Waals surface area contributed by atoms with Crippen molar-refractivity contribution in [3.8, 4) is 0 Å². The van der Waals surface area contributed by atoms with Gasteiger partial charge >= 0.3 is 18.9 Å². The third kappa shape index (κ3) is 64.1. The van der Waals surface area contributed by atoms with Crippen LogP contribution in [-0.4, -0.2) is 16.7 Å². The summed E-state index contributed by atoms with van der Waals surface area (Å²) in [4.78, 5) is 0. The van der Waals surface area contributed by atoms with Gasteiger partial charge in [-0.2, -0.15) is 0 Å². The average molecular weight is 85.1 g/mol. The summed E-state index contributed by atoms with van der Waals surface area (Å²) in [6, 6.07) is 0. The third-order valence-electron chi connectivity index (χ3n) is 0. The maximum Gasteiger partial charge on any atom is 1.00 e. The molecular formula is C2H6LiOS+. The van der Waals surface area contributed by atoms with E-state index in [-0.39, 0.29) is 18.9 Å². The summed E-state index contributed by atoms with van der Waals surface area (Å²) in [5.74, 6) is 0. The first-order valence-electron chi connectivity index (χ1n) is 0.983. The van der Waals surface area contributed by atoms with Crippen molar-refractivity contribution in [1.29, 1.82) is 0 Å². The Hall–Kier alpha value is 0.747. The first kappa shape index (κ1) is 9.22. The van der Waals surface area contributed by atoms with E-state index in [1.807, 2.05) is 0 Å². The van der Waals surface area contributed by atoms with Crippen LogP contribution in [0.3, 0.4) is 0 Å². The van der Waals surface area contributed by atoms with Gasteiger partial charge in [-0.05, 0) is 0 Å². The fourth-order valence-electron chi connectivity index (χ4n) is 0. The maximum absolute atomic E-state index is 9.56. The normalized spacial score (nSPS) is 7.00. The molecule has 0 atom stereocenters. The molecule has 0 heterocycles. The Morgan fingerprint density at radius 1 is 1.40 bits per heavy atom. The molecule has 0 aliphatic rings. The molecule has 0 amide bonds. The van der Waals surface area contributed by atoms with Crippen LogP contribution in [0.1, 0.15) is 0 Å². The second kappa shape index (κ2) is 4.75. The van der Waals surface area contributed by atoms with E-state index in [4.69, 9.17) is 0 Å². The molecule has 0 saturated heterocycles. The van der Waals surface area contributed by atoms with Crippen LogP contribution in [0.4, 0.5) is 0 Å². The second-order valence-corrected chi connectivity index (χ2v) is 2.22. The topological polar surface area (TPSA) is 17.1 Å². The van der Waals surface area contributed by atoms with Crippen LogP contribution in [0.2, 0.25) is 0 Å². The maximum atomic E-state index is 9.56. The Kier molecular flexibility index (Phi) is 8.76. The van der Waals surface area contributed by atoms with Crippen LogP contribution in [0.25, 0.3) is 0 Å². The molecule has 0 bridgehead atoms. The molecule has 0 rings (SSSR count). The van der Waals surface area contributed by atoms with Gasteiger partial charge in [0, 0.05) is 23.3 Å². The largest absolute Gasteiger partial charge is 1.00 e. The predicted molar refractivity (Wildman–Crippen MR) is 20.0 cm³/mol. The van der Waals surface area contributed by atoms with Gasteiger partial charge in [-0.1, -0.05) is 0 Å². The zero-order chi connectivity index (χ0) is 3.58. The molecule has 0 fully saturated rings. The molecule has 1 nitrogen and oxygen atoms in total. The van der Waals surface area contributed by atoms with Gasteiger partial charge in [0.25, 0.3) is 0 Å². The second-order valence-electron chi connectivity index (χ2n) is 0.742. The van der Waals surface area contributed by atoms with Crippen LogP contribution in [0.15, 0.2) is 0 Å². The predicted octanol–water partition coefficient (Wildman–Crippen LogP) is -3.00. The molecule has 5 heavy (non-hydrogen) atoms. The van der Waals surface area contributed by atoms with Crippen LogP contribution >= 0.6 is 0 Å². The minimum absolute atomic E-state index is 0. The molecule has 0 saturated carbocycles. The number of hydrogen-bond donors (Lipinski definition) is 0. The standard InChI is InChI=1S/C2H6OS.Li/c1-4(2)3;/h1-2H3;/q;+1. The molecular weight excluding hydrogens is 79.0 g/mol. The molecule has 0 aromatic rings. The van der Waals surface area contributed by atoms with Crippen molar-refractivity contribution in [3.05, 3.63) is 0 Å². The molecule has 0 unspecified atom stereocenters. The van der Waals surface area contributed by atoms with Gasteiger partial charge in [-0.25, -0.2) is 0 Å². The average Bonchev–Trinajstić information content (AvgIpc) is 0.811. The van der Waals surface area contributed by atoms with E-state index in [9.17, 15) is 4.21 Å². The van der Waals surface area contributed by atoms with E-state index in [0.29, 0.717) is 0 Å². The van der Waals surface area contributed by atoms with E-state index < -0.39 is 10.8 Å². The van der Waals surface area contributed by atoms with Gasteiger partial charge in [-0.3, -0.25) is 4.21 Å². The number of rotatable bonds is 0. The van der Waals surface area contributed by atoms with Crippen LogP contribution < -0.4 is 18.9 Å². The molecule has 0 aliphatic carbocycles. The third-order valence-corrected chi connectivity index (χ3v) is 0. The SMILES string of the molecule is CS(C)=O.[Li+]. The fourth-order valence-corrected chi connectivity index (χ4v) is 0. The molecule has 0 radical (unpaired) electrons. The van der Waals surface area contributed by atoms with Crippen LogP contribution in [0, 0.1) is 0 Å². The van der Waals surface area contributed by atoms with Gasteiger partial charge < -0.3 is 0 Å². The van der Waals surface area contributed by atoms with E-state index in [2.05, 4.69) is 0 Å². The minimum Gasteiger partial charge on any atom is -0.260 e. The Morgan fingerprint density at radius 3 is 1.40 bits per heavy atom. The van der Waals surface area contributed by atoms with Crippen molar-refractivity contribution in [1.82, 2.24) is 0 Å². The zero-order valence-electron chi connectivity index (χ0n) is 3.82. The monoisotopic (exact) mass is 85.0 g/mol. The summed E-state index contributed by atoms with van der Waals surface area (Å²) in [6.45, 7) is 0. The first-order valence-corrected chi connectivity index (χ1v) is 2.95. The van der Waals surface area contributed by atoms with Gasteiger partial charge in [-0.15, -0.1) is 0 Å². The summed E-state index contributed by atoms with van der Waals surface area (Å²) in [5, 5.41) is 0. The van der Waals surface area contributed by atoms with Gasteiger partial charge in [0.05, 0.1) is 0 Å². The van der Waals surface area contributed by atoms with E-state index in [1.54, 1.807) is 12.5 Å². The molecule has 0 aromatic carbocycles. The van der Waals surface area contributed by atoms with Crippen LogP contribution in [-0.2, 0) is 10.8 Å². The minimum atomic E-state index is -0.611. The Morgan fingerprint density at radius 2 is 1.40 bits per heavy atom. The van der Waals surface area contributed by atoms with E-state index in [1.165, 1.54) is 0 Å². The molecule has 0 spiro atoms. The Labute approximate surface area is 46.8 Å². The molecule has 0 N–H and O–H groups in total. The van der Waals surface area contributed by atoms with Crippen molar-refractivity contribution < 1.29 is 23.1 Å². The molecule has 0 aromatic heterocycles. The van der Waals surface area contributed by atoms with Gasteiger partial charge in [0.2, 0.25) is 0 Å². The molecule has 26 valence electrons. The molecule has 3 heteroatoms. The summed E-state index contributed by atoms with van der Waals surface area (Å²) < 4.78 is 9.56. The van der Waals surface area contributed by atoms with Gasteiger partial charge in [0.1, 0.15) is 0 Å². The fraction of sp³-hybridized carbons (Fsp3) is 1.00. The Balaban J connectivity index is 0. The van der Waals surface area contributed by atoms with Gasteiger partial charge in [0.15, 0.2) is 0 Å².